The summed E-state index contributed by atoms with van der Waals surface area (Å²) in [6.07, 6.45) is 0.870. The Balaban J connectivity index is 2.22. The smallest absolute Gasteiger partial charge is 0.0994 e. The molecule has 0 heterocycles. The molecule has 0 saturated heterocycles. The molecule has 0 aromatic heterocycles. The third-order valence-electron chi connectivity index (χ3n) is 3.22. The van der Waals surface area contributed by atoms with Gasteiger partial charge in [-0.15, -0.1) is 0 Å². The Bertz CT molecular complexity index is 629. The van der Waals surface area contributed by atoms with Crippen LogP contribution in [0.1, 0.15) is 16.7 Å². The maximum Gasteiger partial charge on any atom is 0.0994 e. The number of nitrogens with one attached hydrogen (secondary N) is 1. The van der Waals surface area contributed by atoms with Crippen LogP contribution in [-0.2, 0) is 11.2 Å². The molecule has 20 heavy (non-hydrogen) atoms. The Kier molecular flexibility index (Phi) is 4.75. The van der Waals surface area contributed by atoms with E-state index >= 15 is 0 Å². The van der Waals surface area contributed by atoms with Gasteiger partial charge in [0.2, 0.25) is 0 Å². The highest BCUT2D eigenvalue weighted by Gasteiger charge is 2.04. The number of benzene rings is 2. The number of para-hydroxylation sites is 1. The van der Waals surface area contributed by atoms with Gasteiger partial charge in [-0.2, -0.15) is 5.26 Å². The first-order valence-electron chi connectivity index (χ1n) is 6.59. The van der Waals surface area contributed by atoms with Crippen LogP contribution in [0.3, 0.4) is 0 Å². The van der Waals surface area contributed by atoms with Crippen LogP contribution < -0.4 is 5.32 Å². The molecule has 0 spiro atoms. The first kappa shape index (κ1) is 14.1. The van der Waals surface area contributed by atoms with Crippen molar-refractivity contribution in [2.24, 2.45) is 0 Å². The quantitative estimate of drug-likeness (QED) is 0.895. The molecular formula is C17H18N2O. The Hall–Kier alpha value is -2.31. The van der Waals surface area contributed by atoms with E-state index in [1.54, 1.807) is 7.11 Å². The van der Waals surface area contributed by atoms with Crippen LogP contribution in [0.2, 0.25) is 0 Å². The second-order valence-electron chi connectivity index (χ2n) is 4.67. The summed E-state index contributed by atoms with van der Waals surface area (Å²) >= 11 is 0. The van der Waals surface area contributed by atoms with Crippen LogP contribution in [0, 0.1) is 18.3 Å². The molecule has 0 bridgehead atoms. The largest absolute Gasteiger partial charge is 0.384 e. The van der Waals surface area contributed by atoms with E-state index in [-0.39, 0.29) is 0 Å². The summed E-state index contributed by atoms with van der Waals surface area (Å²) in [6, 6.07) is 16.1. The zero-order chi connectivity index (χ0) is 14.4. The lowest BCUT2D eigenvalue weighted by molar-refractivity contribution is 0.202. The molecule has 1 N–H and O–H groups in total. The van der Waals surface area contributed by atoms with Gasteiger partial charge < -0.3 is 10.1 Å². The Morgan fingerprint density at radius 3 is 2.70 bits per heavy atom. The number of ether oxygens (including phenoxy) is 1. The van der Waals surface area contributed by atoms with Crippen molar-refractivity contribution >= 4 is 11.4 Å². The van der Waals surface area contributed by atoms with Crippen LogP contribution >= 0.6 is 0 Å². The number of hydrogen-bond acceptors (Lipinski definition) is 3. The molecular weight excluding hydrogens is 248 g/mol. The van der Waals surface area contributed by atoms with Crippen LogP contribution in [0.15, 0.2) is 42.5 Å². The number of nitriles is 1. The number of aryl methyl sites for hydroxylation is 1. The van der Waals surface area contributed by atoms with Gasteiger partial charge >= 0.3 is 0 Å². The number of methoxy groups -OCH3 is 1. The summed E-state index contributed by atoms with van der Waals surface area (Å²) in [4.78, 5) is 0. The van der Waals surface area contributed by atoms with E-state index in [0.717, 1.165) is 23.4 Å². The molecule has 3 nitrogen and oxygen atoms in total. The molecule has 0 unspecified atom stereocenters. The lowest BCUT2D eigenvalue weighted by Gasteiger charge is -2.12. The van der Waals surface area contributed by atoms with Crippen molar-refractivity contribution < 1.29 is 4.74 Å². The third kappa shape index (κ3) is 3.37. The predicted octanol–water partition coefficient (Wildman–Crippen LogP) is 3.80. The van der Waals surface area contributed by atoms with Gasteiger partial charge in [-0.25, -0.2) is 0 Å². The van der Waals surface area contributed by atoms with E-state index in [9.17, 15) is 0 Å². The van der Waals surface area contributed by atoms with Crippen LogP contribution in [0.4, 0.5) is 11.4 Å². The summed E-state index contributed by atoms with van der Waals surface area (Å²) in [7, 11) is 1.71. The van der Waals surface area contributed by atoms with Gasteiger partial charge in [-0.05, 0) is 48.7 Å². The van der Waals surface area contributed by atoms with Crippen molar-refractivity contribution in [1.82, 2.24) is 0 Å². The molecule has 0 atom stereocenters. The van der Waals surface area contributed by atoms with E-state index in [0.29, 0.717) is 12.2 Å². The Labute approximate surface area is 119 Å². The number of nitrogens with zero attached hydrogens (tertiary/aromatic N) is 1. The summed E-state index contributed by atoms with van der Waals surface area (Å²) < 4.78 is 5.14. The number of anilines is 2. The fourth-order valence-electron chi connectivity index (χ4n) is 2.09. The molecule has 0 saturated carbocycles. The van der Waals surface area contributed by atoms with E-state index in [1.807, 2.05) is 37.3 Å². The summed E-state index contributed by atoms with van der Waals surface area (Å²) in [5, 5.41) is 12.4. The molecule has 0 aliphatic carbocycles. The topological polar surface area (TPSA) is 45.0 Å². The molecule has 3 heteroatoms. The molecule has 0 fully saturated rings. The SMILES string of the molecule is COCCc1ccccc1Nc1ccc(C#N)c(C)c1. The van der Waals surface area contributed by atoms with Gasteiger partial charge in [0, 0.05) is 18.5 Å². The fourth-order valence-corrected chi connectivity index (χ4v) is 2.09. The summed E-state index contributed by atoms with van der Waals surface area (Å²) in [5.41, 5.74) is 4.98. The zero-order valence-electron chi connectivity index (χ0n) is 11.8. The minimum atomic E-state index is 0.699. The zero-order valence-corrected chi connectivity index (χ0v) is 11.8. The van der Waals surface area contributed by atoms with E-state index in [2.05, 4.69) is 23.5 Å². The summed E-state index contributed by atoms with van der Waals surface area (Å²) in [5.74, 6) is 0. The van der Waals surface area contributed by atoms with Gasteiger partial charge in [0.1, 0.15) is 0 Å². The lowest BCUT2D eigenvalue weighted by atomic mass is 10.1. The van der Waals surface area contributed by atoms with Crippen molar-refractivity contribution in [3.05, 3.63) is 59.2 Å². The highest BCUT2D eigenvalue weighted by atomic mass is 16.5. The standard InChI is InChI=1S/C17H18N2O/c1-13-11-16(8-7-15(13)12-18)19-17-6-4-3-5-14(17)9-10-20-2/h3-8,11,19H,9-10H2,1-2H3. The Morgan fingerprint density at radius 2 is 2.00 bits per heavy atom. The van der Waals surface area contributed by atoms with Gasteiger partial charge in [-0.3, -0.25) is 0 Å². The first-order valence-corrected chi connectivity index (χ1v) is 6.59. The van der Waals surface area contributed by atoms with Gasteiger partial charge in [0.15, 0.2) is 0 Å². The summed E-state index contributed by atoms with van der Waals surface area (Å²) in [6.45, 7) is 2.64. The second-order valence-corrected chi connectivity index (χ2v) is 4.67. The number of hydrogen-bond donors (Lipinski definition) is 1. The van der Waals surface area contributed by atoms with Gasteiger partial charge in [-0.1, -0.05) is 18.2 Å². The highest BCUT2D eigenvalue weighted by molar-refractivity contribution is 5.64. The van der Waals surface area contributed by atoms with Gasteiger partial charge in [0.05, 0.1) is 18.2 Å². The molecule has 0 radical (unpaired) electrons. The molecule has 2 aromatic rings. The van der Waals surface area contributed by atoms with E-state index in [1.165, 1.54) is 5.56 Å². The predicted molar refractivity (Wildman–Crippen MR) is 81.2 cm³/mol. The fraction of sp³-hybridized carbons (Fsp3) is 0.235. The maximum atomic E-state index is 8.96. The highest BCUT2D eigenvalue weighted by Crippen LogP contribution is 2.23. The average Bonchev–Trinajstić information content (AvgIpc) is 2.46. The Morgan fingerprint density at radius 1 is 1.20 bits per heavy atom. The molecule has 2 rings (SSSR count). The van der Waals surface area contributed by atoms with Gasteiger partial charge in [0.25, 0.3) is 0 Å². The van der Waals surface area contributed by atoms with Crippen molar-refractivity contribution in [2.75, 3.05) is 19.0 Å². The minimum Gasteiger partial charge on any atom is -0.384 e. The van der Waals surface area contributed by atoms with Crippen LogP contribution in [0.5, 0.6) is 0 Å². The first-order chi connectivity index (χ1) is 9.74. The van der Waals surface area contributed by atoms with Crippen LogP contribution in [-0.4, -0.2) is 13.7 Å². The third-order valence-corrected chi connectivity index (χ3v) is 3.22. The normalized spacial score (nSPS) is 10.1. The molecule has 102 valence electrons. The van der Waals surface area contributed by atoms with Crippen molar-refractivity contribution in [3.8, 4) is 6.07 Å². The van der Waals surface area contributed by atoms with Crippen molar-refractivity contribution in [2.45, 2.75) is 13.3 Å². The van der Waals surface area contributed by atoms with Crippen LogP contribution in [0.25, 0.3) is 0 Å². The van der Waals surface area contributed by atoms with E-state index in [4.69, 9.17) is 10.00 Å². The second kappa shape index (κ2) is 6.74. The van der Waals surface area contributed by atoms with Crippen molar-refractivity contribution in [3.63, 3.8) is 0 Å². The average molecular weight is 266 g/mol. The molecule has 0 amide bonds. The van der Waals surface area contributed by atoms with Crippen molar-refractivity contribution in [1.29, 1.82) is 5.26 Å². The number of rotatable bonds is 5. The lowest BCUT2D eigenvalue weighted by Crippen LogP contribution is -2.00. The van der Waals surface area contributed by atoms with E-state index < -0.39 is 0 Å². The minimum absolute atomic E-state index is 0.699. The molecule has 2 aromatic carbocycles. The monoisotopic (exact) mass is 266 g/mol. The maximum absolute atomic E-state index is 8.96. The molecule has 0 aliphatic heterocycles. The molecule has 0 aliphatic rings.